The predicted octanol–water partition coefficient (Wildman–Crippen LogP) is 4.40. The van der Waals surface area contributed by atoms with E-state index in [4.69, 9.17) is 0 Å². The molecule has 33 heavy (non-hydrogen) atoms. The third-order valence-corrected chi connectivity index (χ3v) is 7.15. The molecule has 4 rings (SSSR count). The number of hydrogen-bond donors (Lipinski definition) is 1. The SMILES string of the molecule is Cc1ccc(S(=O)(=O)N(C)c2ccc(C(=O)Nc3cnc4c(cnn4C(C)C)c3)cc2)cc1. The van der Waals surface area contributed by atoms with E-state index in [2.05, 4.69) is 15.4 Å². The highest BCUT2D eigenvalue weighted by atomic mass is 32.2. The number of nitrogens with one attached hydrogen (secondary N) is 1. The van der Waals surface area contributed by atoms with Crippen molar-refractivity contribution in [2.75, 3.05) is 16.7 Å². The van der Waals surface area contributed by atoms with Crippen LogP contribution in [-0.4, -0.2) is 36.1 Å². The van der Waals surface area contributed by atoms with Crippen LogP contribution in [0.25, 0.3) is 11.0 Å². The van der Waals surface area contributed by atoms with Crippen LogP contribution in [0.1, 0.15) is 35.8 Å². The second-order valence-electron chi connectivity index (χ2n) is 8.11. The van der Waals surface area contributed by atoms with Gasteiger partial charge in [0.15, 0.2) is 5.65 Å². The van der Waals surface area contributed by atoms with Crippen LogP contribution in [0.2, 0.25) is 0 Å². The van der Waals surface area contributed by atoms with Crippen molar-refractivity contribution in [2.45, 2.75) is 31.7 Å². The summed E-state index contributed by atoms with van der Waals surface area (Å²) < 4.78 is 28.8. The van der Waals surface area contributed by atoms with Gasteiger partial charge in [-0.05, 0) is 63.2 Å². The zero-order valence-electron chi connectivity index (χ0n) is 18.9. The molecule has 0 saturated heterocycles. The van der Waals surface area contributed by atoms with Crippen LogP contribution in [0.3, 0.4) is 0 Å². The minimum atomic E-state index is -3.70. The number of carbonyl (C=O) groups is 1. The molecule has 0 aliphatic carbocycles. The average molecular weight is 464 g/mol. The minimum absolute atomic E-state index is 0.182. The first-order valence-corrected chi connectivity index (χ1v) is 11.9. The van der Waals surface area contributed by atoms with Crippen LogP contribution in [0.5, 0.6) is 0 Å². The molecule has 0 bridgehead atoms. The molecular formula is C24H25N5O3S. The maximum absolute atomic E-state index is 12.9. The summed E-state index contributed by atoms with van der Waals surface area (Å²) >= 11 is 0. The van der Waals surface area contributed by atoms with E-state index in [0.29, 0.717) is 16.9 Å². The van der Waals surface area contributed by atoms with E-state index < -0.39 is 10.0 Å². The number of rotatable bonds is 6. The number of anilines is 2. The lowest BCUT2D eigenvalue weighted by Gasteiger charge is -2.20. The van der Waals surface area contributed by atoms with Crippen LogP contribution < -0.4 is 9.62 Å². The molecule has 2 aromatic heterocycles. The number of nitrogens with zero attached hydrogens (tertiary/aromatic N) is 4. The maximum Gasteiger partial charge on any atom is 0.264 e. The van der Waals surface area contributed by atoms with E-state index >= 15 is 0 Å². The fraction of sp³-hybridized carbons (Fsp3) is 0.208. The number of amides is 1. The molecule has 2 heterocycles. The van der Waals surface area contributed by atoms with Crippen molar-refractivity contribution in [3.8, 4) is 0 Å². The number of fused-ring (bicyclic) bond motifs is 1. The first-order chi connectivity index (χ1) is 15.7. The van der Waals surface area contributed by atoms with Crippen LogP contribution in [0.4, 0.5) is 11.4 Å². The Labute approximate surface area is 192 Å². The topological polar surface area (TPSA) is 97.2 Å². The fourth-order valence-corrected chi connectivity index (χ4v) is 4.61. The molecule has 8 nitrogen and oxygen atoms in total. The Hall–Kier alpha value is -3.72. The Morgan fingerprint density at radius 3 is 2.33 bits per heavy atom. The zero-order chi connectivity index (χ0) is 23.8. The summed E-state index contributed by atoms with van der Waals surface area (Å²) in [4.78, 5) is 17.3. The van der Waals surface area contributed by atoms with Crippen LogP contribution >= 0.6 is 0 Å². The van der Waals surface area contributed by atoms with Gasteiger partial charge < -0.3 is 5.32 Å². The lowest BCUT2D eigenvalue weighted by molar-refractivity contribution is 0.102. The van der Waals surface area contributed by atoms with Crippen molar-refractivity contribution in [3.63, 3.8) is 0 Å². The maximum atomic E-state index is 12.9. The second kappa shape index (κ2) is 8.67. The van der Waals surface area contributed by atoms with Crippen molar-refractivity contribution in [1.82, 2.24) is 14.8 Å². The standard InChI is InChI=1S/C24H25N5O3S/c1-16(2)29-23-19(14-26-29)13-20(15-25-23)27-24(30)18-7-9-21(10-8-18)28(4)33(31,32)22-11-5-17(3)6-12-22/h5-16H,1-4H3,(H,27,30). The Kier molecular flexibility index (Phi) is 5.90. The van der Waals surface area contributed by atoms with E-state index in [0.717, 1.165) is 16.6 Å². The van der Waals surface area contributed by atoms with Crippen molar-refractivity contribution in [3.05, 3.63) is 78.1 Å². The van der Waals surface area contributed by atoms with Gasteiger partial charge in [-0.1, -0.05) is 17.7 Å². The molecule has 2 aromatic carbocycles. The Balaban J connectivity index is 1.50. The quantitative estimate of drug-likeness (QED) is 0.457. The number of aryl methyl sites for hydroxylation is 1. The molecule has 0 aliphatic rings. The molecule has 0 aliphatic heterocycles. The van der Waals surface area contributed by atoms with Crippen molar-refractivity contribution < 1.29 is 13.2 Å². The number of hydrogen-bond acceptors (Lipinski definition) is 5. The molecule has 0 fully saturated rings. The van der Waals surface area contributed by atoms with Gasteiger partial charge in [-0.15, -0.1) is 0 Å². The fourth-order valence-electron chi connectivity index (χ4n) is 3.42. The van der Waals surface area contributed by atoms with Gasteiger partial charge in [-0.2, -0.15) is 5.10 Å². The van der Waals surface area contributed by atoms with Gasteiger partial charge >= 0.3 is 0 Å². The van der Waals surface area contributed by atoms with E-state index in [1.54, 1.807) is 60.9 Å². The Morgan fingerprint density at radius 2 is 1.70 bits per heavy atom. The highest BCUT2D eigenvalue weighted by molar-refractivity contribution is 7.92. The van der Waals surface area contributed by atoms with Gasteiger partial charge in [-0.25, -0.2) is 18.1 Å². The van der Waals surface area contributed by atoms with Gasteiger partial charge in [0.1, 0.15) is 0 Å². The Bertz CT molecular complexity index is 1410. The summed E-state index contributed by atoms with van der Waals surface area (Å²) in [6.07, 6.45) is 3.31. The number of sulfonamides is 1. The number of benzene rings is 2. The first-order valence-electron chi connectivity index (χ1n) is 10.5. The van der Waals surface area contributed by atoms with Gasteiger partial charge in [0.25, 0.3) is 15.9 Å². The molecule has 0 unspecified atom stereocenters. The summed E-state index contributed by atoms with van der Waals surface area (Å²) in [5.41, 5.74) is 3.15. The molecule has 170 valence electrons. The lowest BCUT2D eigenvalue weighted by atomic mass is 10.2. The van der Waals surface area contributed by atoms with E-state index in [-0.39, 0.29) is 16.8 Å². The molecule has 0 atom stereocenters. The van der Waals surface area contributed by atoms with E-state index in [1.165, 1.54) is 11.4 Å². The number of aromatic nitrogens is 3. The largest absolute Gasteiger partial charge is 0.321 e. The van der Waals surface area contributed by atoms with Gasteiger partial charge in [0, 0.05) is 24.0 Å². The predicted molar refractivity (Wildman–Crippen MR) is 129 cm³/mol. The van der Waals surface area contributed by atoms with Crippen LogP contribution in [-0.2, 0) is 10.0 Å². The zero-order valence-corrected chi connectivity index (χ0v) is 19.7. The average Bonchev–Trinajstić information content (AvgIpc) is 3.22. The highest BCUT2D eigenvalue weighted by Gasteiger charge is 2.21. The summed E-state index contributed by atoms with van der Waals surface area (Å²) in [6.45, 7) is 5.95. The van der Waals surface area contributed by atoms with Gasteiger partial charge in [-0.3, -0.25) is 9.10 Å². The summed E-state index contributed by atoms with van der Waals surface area (Å²) in [7, 11) is -2.21. The number of pyridine rings is 1. The van der Waals surface area contributed by atoms with E-state index in [1.807, 2.05) is 31.5 Å². The molecule has 9 heteroatoms. The highest BCUT2D eigenvalue weighted by Crippen LogP contribution is 2.24. The summed E-state index contributed by atoms with van der Waals surface area (Å²) in [5.74, 6) is -0.317. The van der Waals surface area contributed by atoms with Crippen molar-refractivity contribution in [2.24, 2.45) is 0 Å². The van der Waals surface area contributed by atoms with Crippen molar-refractivity contribution in [1.29, 1.82) is 0 Å². The molecule has 0 radical (unpaired) electrons. The van der Waals surface area contributed by atoms with Gasteiger partial charge in [0.2, 0.25) is 0 Å². The molecular weight excluding hydrogens is 438 g/mol. The molecule has 1 N–H and O–H groups in total. The molecule has 0 saturated carbocycles. The lowest BCUT2D eigenvalue weighted by Crippen LogP contribution is -2.26. The van der Waals surface area contributed by atoms with Crippen LogP contribution in [0.15, 0.2) is 71.9 Å². The Morgan fingerprint density at radius 1 is 1.03 bits per heavy atom. The van der Waals surface area contributed by atoms with Crippen molar-refractivity contribution >= 4 is 38.3 Å². The van der Waals surface area contributed by atoms with E-state index in [9.17, 15) is 13.2 Å². The summed E-state index contributed by atoms with van der Waals surface area (Å²) in [6, 6.07) is 15.1. The second-order valence-corrected chi connectivity index (χ2v) is 10.1. The third-order valence-electron chi connectivity index (χ3n) is 5.35. The normalized spacial score (nSPS) is 11.7. The van der Waals surface area contributed by atoms with Gasteiger partial charge in [0.05, 0.1) is 28.7 Å². The minimum Gasteiger partial charge on any atom is -0.321 e. The molecule has 4 aromatic rings. The number of carbonyl (C=O) groups excluding carboxylic acids is 1. The first kappa shape index (κ1) is 22.5. The summed E-state index contributed by atoms with van der Waals surface area (Å²) in [5, 5.41) is 7.99. The molecule has 0 spiro atoms. The molecule has 1 amide bonds. The third kappa shape index (κ3) is 4.45. The monoisotopic (exact) mass is 463 g/mol. The smallest absolute Gasteiger partial charge is 0.264 e. The van der Waals surface area contributed by atoms with Crippen LogP contribution in [0, 0.1) is 6.92 Å².